The molecule has 1 N–H and O–H groups in total. The number of halogens is 2. The maximum atomic E-state index is 6.19. The van der Waals surface area contributed by atoms with Crippen LogP contribution in [-0.2, 0) is 16.8 Å². The van der Waals surface area contributed by atoms with Gasteiger partial charge in [0.05, 0.1) is 20.3 Å². The van der Waals surface area contributed by atoms with E-state index in [9.17, 15) is 0 Å². The normalized spacial score (nSPS) is 16.1. The largest absolute Gasteiger partial charge is 0.496 e. The summed E-state index contributed by atoms with van der Waals surface area (Å²) in [6.45, 7) is 3.37. The molecule has 0 unspecified atom stereocenters. The lowest BCUT2D eigenvalue weighted by molar-refractivity contribution is 0.0555. The second kappa shape index (κ2) is 9.58. The summed E-state index contributed by atoms with van der Waals surface area (Å²) in [4.78, 5) is 0. The first-order chi connectivity index (χ1) is 11.7. The first kappa shape index (κ1) is 20.2. The molecule has 0 spiro atoms. The van der Waals surface area contributed by atoms with Gasteiger partial charge < -0.3 is 14.8 Å². The van der Waals surface area contributed by atoms with E-state index in [4.69, 9.17) is 9.47 Å². The molecule has 25 heavy (non-hydrogen) atoms. The summed E-state index contributed by atoms with van der Waals surface area (Å²) < 4.78 is 12.7. The molecule has 0 aliphatic carbocycles. The van der Waals surface area contributed by atoms with Crippen molar-refractivity contribution in [2.75, 3.05) is 26.8 Å². The average molecular weight is 427 g/mol. The SMILES string of the molecule is COc1ccc(Br)cc1COCC1(c2ccccc2)CCNCC1.Cl. The summed E-state index contributed by atoms with van der Waals surface area (Å²) in [6.07, 6.45) is 2.21. The smallest absolute Gasteiger partial charge is 0.124 e. The highest BCUT2D eigenvalue weighted by Gasteiger charge is 2.34. The van der Waals surface area contributed by atoms with Crippen molar-refractivity contribution in [3.8, 4) is 5.75 Å². The molecule has 0 atom stereocenters. The zero-order valence-corrected chi connectivity index (χ0v) is 16.9. The summed E-state index contributed by atoms with van der Waals surface area (Å²) in [6, 6.07) is 16.8. The topological polar surface area (TPSA) is 30.5 Å². The minimum atomic E-state index is 0. The number of nitrogens with one attached hydrogen (secondary N) is 1. The van der Waals surface area contributed by atoms with E-state index in [1.165, 1.54) is 5.56 Å². The predicted octanol–water partition coefficient (Wildman–Crippen LogP) is 4.72. The van der Waals surface area contributed by atoms with Gasteiger partial charge in [0.1, 0.15) is 5.75 Å². The third kappa shape index (κ3) is 4.98. The van der Waals surface area contributed by atoms with Crippen LogP contribution in [0.4, 0.5) is 0 Å². The highest BCUT2D eigenvalue weighted by molar-refractivity contribution is 9.10. The van der Waals surface area contributed by atoms with Crippen molar-refractivity contribution in [3.63, 3.8) is 0 Å². The molecule has 1 aliphatic rings. The number of piperidine rings is 1. The molecule has 3 nitrogen and oxygen atoms in total. The Balaban J connectivity index is 0.00000225. The van der Waals surface area contributed by atoms with Gasteiger partial charge in [0.15, 0.2) is 0 Å². The van der Waals surface area contributed by atoms with Crippen molar-refractivity contribution in [2.45, 2.75) is 24.9 Å². The van der Waals surface area contributed by atoms with Gasteiger partial charge in [0.25, 0.3) is 0 Å². The standard InChI is InChI=1S/C20H24BrNO2.ClH/c1-23-19-8-7-18(21)13-16(19)14-24-15-20(9-11-22-12-10-20)17-5-3-2-4-6-17;/h2-8,13,22H,9-12,14-15H2,1H3;1H. The molecule has 0 aromatic heterocycles. The molecule has 5 heteroatoms. The minimum Gasteiger partial charge on any atom is -0.496 e. The van der Waals surface area contributed by atoms with Gasteiger partial charge in [-0.05, 0) is 49.7 Å². The monoisotopic (exact) mass is 425 g/mol. The Morgan fingerprint density at radius 2 is 1.80 bits per heavy atom. The van der Waals surface area contributed by atoms with Gasteiger partial charge in [0, 0.05) is 15.5 Å². The Hall–Kier alpha value is -1.07. The van der Waals surface area contributed by atoms with E-state index in [1.54, 1.807) is 7.11 Å². The fraction of sp³-hybridized carbons (Fsp3) is 0.400. The number of rotatable bonds is 6. The average Bonchev–Trinajstić information content (AvgIpc) is 2.63. The van der Waals surface area contributed by atoms with Crippen LogP contribution in [0.1, 0.15) is 24.0 Å². The Labute approximate surface area is 164 Å². The number of methoxy groups -OCH3 is 1. The van der Waals surface area contributed by atoms with E-state index in [-0.39, 0.29) is 17.8 Å². The molecular weight excluding hydrogens is 402 g/mol. The Morgan fingerprint density at radius 1 is 1.08 bits per heavy atom. The highest BCUT2D eigenvalue weighted by Crippen LogP contribution is 2.34. The molecule has 1 fully saturated rings. The molecule has 0 saturated carbocycles. The van der Waals surface area contributed by atoms with Crippen molar-refractivity contribution < 1.29 is 9.47 Å². The van der Waals surface area contributed by atoms with Gasteiger partial charge in [0.2, 0.25) is 0 Å². The molecule has 2 aromatic carbocycles. The molecule has 0 radical (unpaired) electrons. The van der Waals surface area contributed by atoms with Crippen LogP contribution in [0.15, 0.2) is 53.0 Å². The van der Waals surface area contributed by atoms with Crippen LogP contribution in [0.5, 0.6) is 5.75 Å². The lowest BCUT2D eigenvalue weighted by Crippen LogP contribution is -2.43. The molecule has 136 valence electrons. The first-order valence-electron chi connectivity index (χ1n) is 8.40. The number of benzene rings is 2. The zero-order chi connectivity index (χ0) is 16.8. The molecule has 1 heterocycles. The zero-order valence-electron chi connectivity index (χ0n) is 14.5. The molecule has 1 aliphatic heterocycles. The quantitative estimate of drug-likeness (QED) is 0.725. The van der Waals surface area contributed by atoms with E-state index in [2.05, 4.69) is 57.6 Å². The fourth-order valence-electron chi connectivity index (χ4n) is 3.43. The maximum Gasteiger partial charge on any atom is 0.124 e. The molecule has 0 amide bonds. The molecule has 2 aromatic rings. The lowest BCUT2D eigenvalue weighted by Gasteiger charge is -2.38. The van der Waals surface area contributed by atoms with Crippen LogP contribution in [-0.4, -0.2) is 26.8 Å². The van der Waals surface area contributed by atoms with Crippen LogP contribution in [0, 0.1) is 0 Å². The minimum absolute atomic E-state index is 0. The second-order valence-corrected chi connectivity index (χ2v) is 7.26. The van der Waals surface area contributed by atoms with E-state index in [0.717, 1.165) is 48.3 Å². The summed E-state index contributed by atoms with van der Waals surface area (Å²) in [5.41, 5.74) is 2.56. The Morgan fingerprint density at radius 3 is 2.48 bits per heavy atom. The number of hydrogen-bond donors (Lipinski definition) is 1. The first-order valence-corrected chi connectivity index (χ1v) is 9.19. The lowest BCUT2D eigenvalue weighted by atomic mass is 9.74. The summed E-state index contributed by atoms with van der Waals surface area (Å²) >= 11 is 3.52. The van der Waals surface area contributed by atoms with Gasteiger partial charge in [-0.2, -0.15) is 0 Å². The summed E-state index contributed by atoms with van der Waals surface area (Å²) in [7, 11) is 1.70. The van der Waals surface area contributed by atoms with Crippen LogP contribution in [0.3, 0.4) is 0 Å². The van der Waals surface area contributed by atoms with E-state index < -0.39 is 0 Å². The fourth-order valence-corrected chi connectivity index (χ4v) is 3.84. The van der Waals surface area contributed by atoms with Crippen LogP contribution >= 0.6 is 28.3 Å². The van der Waals surface area contributed by atoms with Gasteiger partial charge in [-0.1, -0.05) is 46.3 Å². The third-order valence-electron chi connectivity index (χ3n) is 4.83. The van der Waals surface area contributed by atoms with Crippen molar-refractivity contribution in [2.24, 2.45) is 0 Å². The van der Waals surface area contributed by atoms with Gasteiger partial charge in [-0.25, -0.2) is 0 Å². The number of hydrogen-bond acceptors (Lipinski definition) is 3. The van der Waals surface area contributed by atoms with Crippen molar-refractivity contribution >= 4 is 28.3 Å². The maximum absolute atomic E-state index is 6.19. The summed E-state index contributed by atoms with van der Waals surface area (Å²) in [5.74, 6) is 0.872. The Kier molecular flexibility index (Phi) is 7.76. The summed E-state index contributed by atoms with van der Waals surface area (Å²) in [5, 5.41) is 3.46. The van der Waals surface area contributed by atoms with Gasteiger partial charge in [-0.15, -0.1) is 12.4 Å². The van der Waals surface area contributed by atoms with Crippen LogP contribution in [0.2, 0.25) is 0 Å². The number of ether oxygens (including phenoxy) is 2. The van der Waals surface area contributed by atoms with E-state index in [1.807, 2.05) is 12.1 Å². The van der Waals surface area contributed by atoms with E-state index in [0.29, 0.717) is 6.61 Å². The Bertz CT molecular complexity index is 660. The molecule has 1 saturated heterocycles. The van der Waals surface area contributed by atoms with Crippen molar-refractivity contribution in [3.05, 3.63) is 64.1 Å². The third-order valence-corrected chi connectivity index (χ3v) is 5.32. The predicted molar refractivity (Wildman–Crippen MR) is 108 cm³/mol. The van der Waals surface area contributed by atoms with E-state index >= 15 is 0 Å². The van der Waals surface area contributed by atoms with Crippen molar-refractivity contribution in [1.29, 1.82) is 0 Å². The second-order valence-electron chi connectivity index (χ2n) is 6.35. The molecule has 3 rings (SSSR count). The van der Waals surface area contributed by atoms with Crippen LogP contribution < -0.4 is 10.1 Å². The van der Waals surface area contributed by atoms with Crippen molar-refractivity contribution in [1.82, 2.24) is 5.32 Å². The van der Waals surface area contributed by atoms with Gasteiger partial charge in [-0.3, -0.25) is 0 Å². The van der Waals surface area contributed by atoms with Gasteiger partial charge >= 0.3 is 0 Å². The van der Waals surface area contributed by atoms with Crippen LogP contribution in [0.25, 0.3) is 0 Å². The molecule has 0 bridgehead atoms. The molecular formula is C20H25BrClNO2. The highest BCUT2D eigenvalue weighted by atomic mass is 79.9.